The molecule has 0 spiro atoms. The van der Waals surface area contributed by atoms with Crippen LogP contribution in [0.25, 0.3) is 11.1 Å². The molecule has 3 N–H and O–H groups in total. The molecule has 2 amide bonds. The summed E-state index contributed by atoms with van der Waals surface area (Å²) in [5.41, 5.74) is 3.30. The van der Waals surface area contributed by atoms with E-state index in [1.165, 1.54) is 0 Å². The SMILES string of the molecule is C=C(C)/C=C1\NCCCN1C(=O)CCC(=O)Nc1ccc(-c2cccc(C(=O)O)c2)cc1. The van der Waals surface area contributed by atoms with Gasteiger partial charge < -0.3 is 15.7 Å². The van der Waals surface area contributed by atoms with Crippen molar-refractivity contribution in [1.82, 2.24) is 10.2 Å². The van der Waals surface area contributed by atoms with Gasteiger partial charge >= 0.3 is 5.97 Å². The number of rotatable bonds is 7. The Balaban J connectivity index is 1.56. The number of hydrogen-bond acceptors (Lipinski definition) is 4. The molecule has 0 bridgehead atoms. The fraction of sp³-hybridized carbons (Fsp3) is 0.240. The zero-order valence-electron chi connectivity index (χ0n) is 18.1. The molecule has 1 aliphatic rings. The second-order valence-electron chi connectivity index (χ2n) is 7.71. The minimum absolute atomic E-state index is 0.0814. The van der Waals surface area contributed by atoms with E-state index >= 15 is 0 Å². The van der Waals surface area contributed by atoms with E-state index in [-0.39, 0.29) is 30.2 Å². The van der Waals surface area contributed by atoms with Crippen molar-refractivity contribution in [1.29, 1.82) is 0 Å². The van der Waals surface area contributed by atoms with E-state index in [0.29, 0.717) is 12.2 Å². The second kappa shape index (κ2) is 10.4. The van der Waals surface area contributed by atoms with Gasteiger partial charge in [-0.1, -0.05) is 36.4 Å². The number of benzene rings is 2. The Morgan fingerprint density at radius 2 is 1.88 bits per heavy atom. The molecule has 0 saturated carbocycles. The van der Waals surface area contributed by atoms with Crippen LogP contribution in [0.15, 0.2) is 72.6 Å². The van der Waals surface area contributed by atoms with Crippen molar-refractivity contribution >= 4 is 23.5 Å². The van der Waals surface area contributed by atoms with Gasteiger partial charge in [-0.3, -0.25) is 14.5 Å². The highest BCUT2D eigenvalue weighted by Gasteiger charge is 2.21. The molecule has 32 heavy (non-hydrogen) atoms. The number of carboxylic acid groups (broad SMARTS) is 1. The maximum absolute atomic E-state index is 12.6. The summed E-state index contributed by atoms with van der Waals surface area (Å²) in [7, 11) is 0. The number of amides is 2. The molecule has 0 aliphatic carbocycles. The van der Waals surface area contributed by atoms with Crippen LogP contribution in [-0.4, -0.2) is 40.9 Å². The molecule has 1 saturated heterocycles. The molecular formula is C25H27N3O4. The normalized spacial score (nSPS) is 14.5. The molecule has 3 rings (SSSR count). The molecule has 1 fully saturated rings. The van der Waals surface area contributed by atoms with E-state index in [1.54, 1.807) is 35.2 Å². The molecule has 7 nitrogen and oxygen atoms in total. The Morgan fingerprint density at radius 1 is 1.12 bits per heavy atom. The smallest absolute Gasteiger partial charge is 0.335 e. The minimum Gasteiger partial charge on any atom is -0.478 e. The lowest BCUT2D eigenvalue weighted by Crippen LogP contribution is -2.43. The van der Waals surface area contributed by atoms with Crippen molar-refractivity contribution in [3.63, 3.8) is 0 Å². The number of carbonyl (C=O) groups is 3. The summed E-state index contributed by atoms with van der Waals surface area (Å²) in [4.78, 5) is 37.8. The lowest BCUT2D eigenvalue weighted by Gasteiger charge is -2.31. The number of allylic oxidation sites excluding steroid dienone is 2. The van der Waals surface area contributed by atoms with E-state index in [9.17, 15) is 14.4 Å². The number of anilines is 1. The van der Waals surface area contributed by atoms with E-state index in [0.717, 1.165) is 35.5 Å². The Kier molecular flexibility index (Phi) is 7.44. The number of hydrogen-bond donors (Lipinski definition) is 3. The molecular weight excluding hydrogens is 406 g/mol. The fourth-order valence-electron chi connectivity index (χ4n) is 3.45. The zero-order chi connectivity index (χ0) is 23.1. The summed E-state index contributed by atoms with van der Waals surface area (Å²) in [5, 5.41) is 15.2. The number of carboxylic acids is 1. The number of carbonyl (C=O) groups excluding carboxylic acids is 2. The van der Waals surface area contributed by atoms with Gasteiger partial charge in [0, 0.05) is 31.6 Å². The standard InChI is InChI=1S/C25H27N3O4/c1-17(2)15-22-26-13-4-14-28(22)24(30)12-11-23(29)27-21-9-7-18(8-10-21)19-5-3-6-20(16-19)25(31)32/h3,5-10,15-16,26H,1,4,11-14H2,2H3,(H,27,29)(H,31,32)/b22-15+. The Labute approximate surface area is 187 Å². The summed E-state index contributed by atoms with van der Waals surface area (Å²) < 4.78 is 0. The number of aromatic carboxylic acids is 1. The summed E-state index contributed by atoms with van der Waals surface area (Å²) in [6, 6.07) is 13.8. The number of nitrogens with one attached hydrogen (secondary N) is 2. The van der Waals surface area contributed by atoms with Crippen molar-refractivity contribution in [2.24, 2.45) is 0 Å². The van der Waals surface area contributed by atoms with E-state index < -0.39 is 5.97 Å². The maximum Gasteiger partial charge on any atom is 0.335 e. The van der Waals surface area contributed by atoms with E-state index in [4.69, 9.17) is 5.11 Å². The van der Waals surface area contributed by atoms with Crippen LogP contribution in [0.3, 0.4) is 0 Å². The molecule has 0 unspecified atom stereocenters. The summed E-state index contributed by atoms with van der Waals surface area (Å²) in [6.45, 7) is 7.15. The number of nitrogens with zero attached hydrogens (tertiary/aromatic N) is 1. The first-order valence-electron chi connectivity index (χ1n) is 10.5. The first-order valence-corrected chi connectivity index (χ1v) is 10.5. The predicted molar refractivity (Wildman–Crippen MR) is 124 cm³/mol. The molecule has 7 heteroatoms. The average Bonchev–Trinajstić information content (AvgIpc) is 2.78. The van der Waals surface area contributed by atoms with Crippen LogP contribution in [0.2, 0.25) is 0 Å². The third-order valence-electron chi connectivity index (χ3n) is 5.02. The first kappa shape index (κ1) is 22.8. The van der Waals surface area contributed by atoms with Gasteiger partial charge in [-0.15, -0.1) is 0 Å². The van der Waals surface area contributed by atoms with Crippen LogP contribution in [0, 0.1) is 0 Å². The molecule has 1 heterocycles. The van der Waals surface area contributed by atoms with Gasteiger partial charge in [0.05, 0.1) is 5.56 Å². The molecule has 166 valence electrons. The van der Waals surface area contributed by atoms with Crippen molar-refractivity contribution in [2.45, 2.75) is 26.2 Å². The van der Waals surface area contributed by atoms with Gasteiger partial charge in [0.2, 0.25) is 11.8 Å². The quantitative estimate of drug-likeness (QED) is 0.613. The lowest BCUT2D eigenvalue weighted by molar-refractivity contribution is -0.131. The highest BCUT2D eigenvalue weighted by molar-refractivity contribution is 5.94. The molecule has 0 radical (unpaired) electrons. The van der Waals surface area contributed by atoms with Gasteiger partial charge in [-0.2, -0.15) is 0 Å². The topological polar surface area (TPSA) is 98.7 Å². The summed E-state index contributed by atoms with van der Waals surface area (Å²) in [6.07, 6.45) is 2.89. The van der Waals surface area contributed by atoms with Crippen molar-refractivity contribution in [3.8, 4) is 11.1 Å². The average molecular weight is 434 g/mol. The Bertz CT molecular complexity index is 1060. The van der Waals surface area contributed by atoms with E-state index in [1.807, 2.05) is 31.2 Å². The summed E-state index contributed by atoms with van der Waals surface area (Å²) in [5.74, 6) is -0.590. The largest absolute Gasteiger partial charge is 0.478 e. The molecule has 0 atom stereocenters. The second-order valence-corrected chi connectivity index (χ2v) is 7.71. The van der Waals surface area contributed by atoms with Gasteiger partial charge in [-0.05, 0) is 54.8 Å². The fourth-order valence-corrected chi connectivity index (χ4v) is 3.45. The lowest BCUT2D eigenvalue weighted by atomic mass is 10.0. The van der Waals surface area contributed by atoms with Crippen molar-refractivity contribution < 1.29 is 19.5 Å². The zero-order valence-corrected chi connectivity index (χ0v) is 18.1. The third-order valence-corrected chi connectivity index (χ3v) is 5.02. The summed E-state index contributed by atoms with van der Waals surface area (Å²) >= 11 is 0. The third kappa shape index (κ3) is 6.07. The van der Waals surface area contributed by atoms with E-state index in [2.05, 4.69) is 17.2 Å². The highest BCUT2D eigenvalue weighted by Crippen LogP contribution is 2.23. The van der Waals surface area contributed by atoms with Gasteiger partial charge in [-0.25, -0.2) is 4.79 Å². The van der Waals surface area contributed by atoms with Gasteiger partial charge in [0.25, 0.3) is 0 Å². The molecule has 2 aromatic rings. The van der Waals surface area contributed by atoms with Crippen molar-refractivity contribution in [3.05, 3.63) is 78.1 Å². The monoisotopic (exact) mass is 433 g/mol. The van der Waals surface area contributed by atoms with Crippen LogP contribution in [-0.2, 0) is 9.59 Å². The molecule has 0 aromatic heterocycles. The highest BCUT2D eigenvalue weighted by atomic mass is 16.4. The Hall–Kier alpha value is -3.87. The van der Waals surface area contributed by atoms with Crippen LogP contribution < -0.4 is 10.6 Å². The first-order chi connectivity index (χ1) is 15.3. The maximum atomic E-state index is 12.6. The minimum atomic E-state index is -0.979. The predicted octanol–water partition coefficient (Wildman–Crippen LogP) is 4.01. The molecule has 1 aliphatic heterocycles. The molecule has 2 aromatic carbocycles. The Morgan fingerprint density at radius 3 is 2.56 bits per heavy atom. The van der Waals surface area contributed by atoms with Crippen molar-refractivity contribution in [2.75, 3.05) is 18.4 Å². The van der Waals surface area contributed by atoms with Crippen LogP contribution >= 0.6 is 0 Å². The van der Waals surface area contributed by atoms with Crippen LogP contribution in [0.4, 0.5) is 5.69 Å². The van der Waals surface area contributed by atoms with Crippen LogP contribution in [0.5, 0.6) is 0 Å². The van der Waals surface area contributed by atoms with Crippen LogP contribution in [0.1, 0.15) is 36.5 Å². The van der Waals surface area contributed by atoms with Gasteiger partial charge in [0.1, 0.15) is 5.82 Å². The van der Waals surface area contributed by atoms with Gasteiger partial charge in [0.15, 0.2) is 0 Å².